The van der Waals surface area contributed by atoms with Gasteiger partial charge in [-0.25, -0.2) is 4.98 Å². The zero-order valence-corrected chi connectivity index (χ0v) is 15.0. The number of hydrogen-bond acceptors (Lipinski definition) is 1. The Morgan fingerprint density at radius 1 is 1.09 bits per heavy atom. The largest absolute Gasteiger partial charge is 0.295 e. The SMILES string of the molecule is Cc1ccc2c3c1c1ccccc1c1nc(Br)c(n13)CC2(C)C. The van der Waals surface area contributed by atoms with Crippen molar-refractivity contribution < 1.29 is 0 Å². The zero-order chi connectivity index (χ0) is 15.9. The van der Waals surface area contributed by atoms with Crippen LogP contribution in [0.3, 0.4) is 0 Å². The van der Waals surface area contributed by atoms with E-state index in [4.69, 9.17) is 4.98 Å². The molecule has 0 spiro atoms. The van der Waals surface area contributed by atoms with Crippen LogP contribution >= 0.6 is 15.9 Å². The van der Waals surface area contributed by atoms with Crippen LogP contribution in [0, 0.1) is 6.92 Å². The van der Waals surface area contributed by atoms with Crippen molar-refractivity contribution in [3.63, 3.8) is 0 Å². The maximum absolute atomic E-state index is 4.87. The molecule has 2 aromatic carbocycles. The summed E-state index contributed by atoms with van der Waals surface area (Å²) in [6, 6.07) is 13.2. The van der Waals surface area contributed by atoms with Gasteiger partial charge in [0.15, 0.2) is 0 Å². The van der Waals surface area contributed by atoms with Crippen molar-refractivity contribution in [1.82, 2.24) is 9.38 Å². The highest BCUT2D eigenvalue weighted by atomic mass is 79.9. The molecule has 3 heterocycles. The number of benzene rings is 2. The molecule has 4 aromatic rings. The van der Waals surface area contributed by atoms with Gasteiger partial charge in [0.2, 0.25) is 0 Å². The first-order valence-corrected chi connectivity index (χ1v) is 8.80. The molecule has 1 aliphatic rings. The maximum atomic E-state index is 4.87. The normalized spacial score (nSPS) is 16.0. The van der Waals surface area contributed by atoms with Crippen LogP contribution in [0.4, 0.5) is 0 Å². The summed E-state index contributed by atoms with van der Waals surface area (Å²) in [4.78, 5) is 4.87. The highest BCUT2D eigenvalue weighted by molar-refractivity contribution is 9.10. The van der Waals surface area contributed by atoms with E-state index in [-0.39, 0.29) is 5.41 Å². The highest BCUT2D eigenvalue weighted by Gasteiger charge is 2.33. The Hall–Kier alpha value is -1.87. The van der Waals surface area contributed by atoms with Crippen molar-refractivity contribution in [2.45, 2.75) is 32.6 Å². The molecule has 0 saturated carbocycles. The van der Waals surface area contributed by atoms with Gasteiger partial charge in [-0.05, 0) is 44.8 Å². The number of pyridine rings is 1. The van der Waals surface area contributed by atoms with E-state index in [0.717, 1.165) is 16.7 Å². The Kier molecular flexibility index (Phi) is 2.45. The van der Waals surface area contributed by atoms with Gasteiger partial charge >= 0.3 is 0 Å². The second kappa shape index (κ2) is 4.15. The van der Waals surface area contributed by atoms with Gasteiger partial charge in [-0.1, -0.05) is 50.2 Å². The number of rotatable bonds is 0. The third-order valence-electron chi connectivity index (χ3n) is 5.31. The van der Waals surface area contributed by atoms with E-state index in [1.807, 2.05) is 0 Å². The van der Waals surface area contributed by atoms with E-state index in [9.17, 15) is 0 Å². The molecule has 0 fully saturated rings. The number of hydrogen-bond donors (Lipinski definition) is 0. The molecule has 0 saturated heterocycles. The average molecular weight is 365 g/mol. The first-order valence-electron chi connectivity index (χ1n) is 8.00. The third kappa shape index (κ3) is 1.56. The number of imidazole rings is 1. The van der Waals surface area contributed by atoms with Gasteiger partial charge in [-0.3, -0.25) is 4.40 Å². The Morgan fingerprint density at radius 2 is 1.83 bits per heavy atom. The predicted molar refractivity (Wildman–Crippen MR) is 99.4 cm³/mol. The number of aromatic nitrogens is 2. The van der Waals surface area contributed by atoms with Gasteiger partial charge in [-0.15, -0.1) is 0 Å². The second-order valence-electron chi connectivity index (χ2n) is 7.27. The number of halogens is 1. The van der Waals surface area contributed by atoms with Crippen LogP contribution < -0.4 is 0 Å². The average Bonchev–Trinajstić information content (AvgIpc) is 2.84. The van der Waals surface area contributed by atoms with Crippen LogP contribution in [-0.4, -0.2) is 9.38 Å². The van der Waals surface area contributed by atoms with Gasteiger partial charge in [0.1, 0.15) is 10.3 Å². The molecule has 5 rings (SSSR count). The first kappa shape index (κ1) is 13.6. The molecular formula is C20H17BrN2. The number of aryl methyl sites for hydroxylation is 1. The van der Waals surface area contributed by atoms with Crippen LogP contribution in [0.15, 0.2) is 41.0 Å². The van der Waals surface area contributed by atoms with Crippen LogP contribution in [0.25, 0.3) is 27.3 Å². The Balaban J connectivity index is 2.24. The third-order valence-corrected chi connectivity index (χ3v) is 5.94. The summed E-state index contributed by atoms with van der Waals surface area (Å²) >= 11 is 3.71. The van der Waals surface area contributed by atoms with E-state index in [1.165, 1.54) is 38.5 Å². The monoisotopic (exact) mass is 364 g/mol. The molecule has 2 aromatic heterocycles. The summed E-state index contributed by atoms with van der Waals surface area (Å²) in [6.45, 7) is 6.88. The van der Waals surface area contributed by atoms with E-state index >= 15 is 0 Å². The summed E-state index contributed by atoms with van der Waals surface area (Å²) in [5.74, 6) is 0. The molecular weight excluding hydrogens is 348 g/mol. The molecule has 3 heteroatoms. The first-order chi connectivity index (χ1) is 11.0. The lowest BCUT2D eigenvalue weighted by Crippen LogP contribution is -2.26. The van der Waals surface area contributed by atoms with Crippen molar-refractivity contribution >= 4 is 43.3 Å². The summed E-state index contributed by atoms with van der Waals surface area (Å²) < 4.78 is 3.37. The van der Waals surface area contributed by atoms with Crippen molar-refractivity contribution in [3.05, 3.63) is 57.8 Å². The van der Waals surface area contributed by atoms with Crippen molar-refractivity contribution in [3.8, 4) is 0 Å². The van der Waals surface area contributed by atoms with Crippen LogP contribution in [-0.2, 0) is 11.8 Å². The molecule has 0 aliphatic carbocycles. The Labute approximate surface area is 143 Å². The van der Waals surface area contributed by atoms with E-state index in [2.05, 4.69) is 77.5 Å². The van der Waals surface area contributed by atoms with Gasteiger partial charge in [0, 0.05) is 17.2 Å². The fourth-order valence-corrected chi connectivity index (χ4v) is 4.71. The molecule has 0 bridgehead atoms. The van der Waals surface area contributed by atoms with E-state index in [1.54, 1.807) is 0 Å². The molecule has 2 nitrogen and oxygen atoms in total. The molecule has 0 unspecified atom stereocenters. The number of nitrogens with zero attached hydrogens (tertiary/aromatic N) is 2. The molecule has 114 valence electrons. The molecule has 1 aliphatic heterocycles. The standard InChI is InChI=1S/C20H17BrN2/c1-11-8-9-14-17-16(11)12-6-4-5-7-13(12)19-22-18(21)15(23(17)19)10-20(14,2)3/h4-9H,10H2,1-3H3. The summed E-state index contributed by atoms with van der Waals surface area (Å²) in [5, 5.41) is 3.90. The van der Waals surface area contributed by atoms with E-state index in [0.29, 0.717) is 0 Å². The molecule has 0 N–H and O–H groups in total. The Bertz CT molecular complexity index is 1140. The van der Waals surface area contributed by atoms with Crippen LogP contribution in [0.5, 0.6) is 0 Å². The topological polar surface area (TPSA) is 17.3 Å². The summed E-state index contributed by atoms with van der Waals surface area (Å²) in [7, 11) is 0. The zero-order valence-electron chi connectivity index (χ0n) is 13.4. The predicted octanol–water partition coefficient (Wildman–Crippen LogP) is 5.55. The van der Waals surface area contributed by atoms with Crippen LogP contribution in [0.1, 0.15) is 30.7 Å². The van der Waals surface area contributed by atoms with Crippen molar-refractivity contribution in [1.29, 1.82) is 0 Å². The number of fused-ring (bicyclic) bond motifs is 3. The minimum absolute atomic E-state index is 0.111. The minimum Gasteiger partial charge on any atom is -0.295 e. The second-order valence-corrected chi connectivity index (χ2v) is 8.02. The molecule has 23 heavy (non-hydrogen) atoms. The quantitative estimate of drug-likeness (QED) is 0.374. The van der Waals surface area contributed by atoms with Crippen molar-refractivity contribution in [2.75, 3.05) is 0 Å². The van der Waals surface area contributed by atoms with Crippen molar-refractivity contribution in [2.24, 2.45) is 0 Å². The maximum Gasteiger partial charge on any atom is 0.146 e. The van der Waals surface area contributed by atoms with Gasteiger partial charge in [0.05, 0.1) is 11.2 Å². The molecule has 0 radical (unpaired) electrons. The lowest BCUT2D eigenvalue weighted by molar-refractivity contribution is 0.505. The highest BCUT2D eigenvalue weighted by Crippen LogP contribution is 2.44. The van der Waals surface area contributed by atoms with E-state index < -0.39 is 0 Å². The fraction of sp³-hybridized carbons (Fsp3) is 0.250. The van der Waals surface area contributed by atoms with Gasteiger partial charge in [0.25, 0.3) is 0 Å². The fourth-order valence-electron chi connectivity index (χ4n) is 4.22. The molecule has 0 atom stereocenters. The Morgan fingerprint density at radius 3 is 2.61 bits per heavy atom. The molecule has 0 amide bonds. The lowest BCUT2D eigenvalue weighted by atomic mass is 9.77. The lowest BCUT2D eigenvalue weighted by Gasteiger charge is -2.32. The van der Waals surface area contributed by atoms with Crippen LogP contribution in [0.2, 0.25) is 0 Å². The smallest absolute Gasteiger partial charge is 0.146 e. The van der Waals surface area contributed by atoms with Gasteiger partial charge < -0.3 is 0 Å². The summed E-state index contributed by atoms with van der Waals surface area (Å²) in [6.07, 6.45) is 0.998. The minimum atomic E-state index is 0.111. The summed E-state index contributed by atoms with van der Waals surface area (Å²) in [5.41, 5.74) is 6.56. The van der Waals surface area contributed by atoms with Gasteiger partial charge in [-0.2, -0.15) is 0 Å².